The number of pyridine rings is 1. The summed E-state index contributed by atoms with van der Waals surface area (Å²) in [5.74, 6) is 1.03. The summed E-state index contributed by atoms with van der Waals surface area (Å²) in [4.78, 5) is 16.1. The van der Waals surface area contributed by atoms with Gasteiger partial charge in [-0.2, -0.15) is 15.1 Å². The summed E-state index contributed by atoms with van der Waals surface area (Å²) in [6.45, 7) is 0. The average molecular weight is 295 g/mol. The maximum absolute atomic E-state index is 5.42. The summed E-state index contributed by atoms with van der Waals surface area (Å²) in [7, 11) is 3.36. The van der Waals surface area contributed by atoms with Crippen molar-refractivity contribution in [3.63, 3.8) is 0 Å². The molecular formula is C14H13N7O. The van der Waals surface area contributed by atoms with Crippen LogP contribution in [-0.4, -0.2) is 43.7 Å². The number of ether oxygens (including phenoxy) is 1. The van der Waals surface area contributed by atoms with Crippen molar-refractivity contribution in [3.05, 3.63) is 30.9 Å². The third kappa shape index (κ3) is 1.77. The summed E-state index contributed by atoms with van der Waals surface area (Å²) < 4.78 is 7.13. The van der Waals surface area contributed by atoms with Gasteiger partial charge >= 0.3 is 0 Å². The van der Waals surface area contributed by atoms with Gasteiger partial charge in [0.05, 0.1) is 12.5 Å². The van der Waals surface area contributed by atoms with E-state index >= 15 is 0 Å². The van der Waals surface area contributed by atoms with Crippen molar-refractivity contribution >= 4 is 22.6 Å². The highest BCUT2D eigenvalue weighted by Gasteiger charge is 2.15. The topological polar surface area (TPSA) is 93.0 Å². The Kier molecular flexibility index (Phi) is 2.68. The molecule has 22 heavy (non-hydrogen) atoms. The lowest BCUT2D eigenvalue weighted by atomic mass is 10.1. The van der Waals surface area contributed by atoms with Crippen LogP contribution in [0.3, 0.4) is 0 Å². The zero-order valence-electron chi connectivity index (χ0n) is 12.0. The van der Waals surface area contributed by atoms with Gasteiger partial charge < -0.3 is 15.0 Å². The van der Waals surface area contributed by atoms with Gasteiger partial charge in [-0.25, -0.2) is 9.50 Å². The fraction of sp³-hybridized carbons (Fsp3) is 0.143. The van der Waals surface area contributed by atoms with Gasteiger partial charge in [-0.05, 0) is 17.7 Å². The Morgan fingerprint density at radius 1 is 1.32 bits per heavy atom. The lowest BCUT2D eigenvalue weighted by Gasteiger charge is -2.06. The first-order valence-corrected chi connectivity index (χ1v) is 6.71. The molecule has 8 heteroatoms. The molecule has 0 spiro atoms. The molecule has 4 aromatic heterocycles. The molecule has 0 fully saturated rings. The third-order valence-corrected chi connectivity index (χ3v) is 3.51. The molecule has 0 saturated heterocycles. The second-order valence-corrected chi connectivity index (χ2v) is 4.71. The van der Waals surface area contributed by atoms with E-state index in [-0.39, 0.29) is 0 Å². The van der Waals surface area contributed by atoms with E-state index in [0.29, 0.717) is 17.5 Å². The highest BCUT2D eigenvalue weighted by molar-refractivity contribution is 5.98. The molecule has 0 aliphatic carbocycles. The molecule has 0 bridgehead atoms. The number of H-pyrrole nitrogens is 1. The summed E-state index contributed by atoms with van der Waals surface area (Å²) >= 11 is 0. The Bertz CT molecular complexity index is 972. The molecule has 2 N–H and O–H groups in total. The Balaban J connectivity index is 1.98. The van der Waals surface area contributed by atoms with E-state index in [1.807, 2.05) is 24.5 Å². The zero-order chi connectivity index (χ0) is 15.1. The summed E-state index contributed by atoms with van der Waals surface area (Å²) in [6, 6.07) is 3.93. The molecule has 0 radical (unpaired) electrons. The third-order valence-electron chi connectivity index (χ3n) is 3.51. The van der Waals surface area contributed by atoms with Crippen LogP contribution >= 0.6 is 0 Å². The van der Waals surface area contributed by atoms with Gasteiger partial charge in [-0.3, -0.25) is 0 Å². The monoisotopic (exact) mass is 295 g/mol. The summed E-state index contributed by atoms with van der Waals surface area (Å²) in [5.41, 5.74) is 3.44. The van der Waals surface area contributed by atoms with Crippen LogP contribution in [0.25, 0.3) is 27.8 Å². The van der Waals surface area contributed by atoms with Crippen molar-refractivity contribution in [2.45, 2.75) is 0 Å². The van der Waals surface area contributed by atoms with Gasteiger partial charge in [0, 0.05) is 25.0 Å². The standard InChI is InChI=1S/C14H13N7O/c1-15-14-19-12-11(13(20-14)22-2)9(6-16-12)8-3-4-21-10(5-8)17-7-18-21/h3-7H,1-2H3,(H2,15,16,19,20). The summed E-state index contributed by atoms with van der Waals surface area (Å²) in [6.07, 6.45) is 5.28. The van der Waals surface area contributed by atoms with Crippen molar-refractivity contribution in [3.8, 4) is 17.0 Å². The van der Waals surface area contributed by atoms with Gasteiger partial charge in [0.1, 0.15) is 12.0 Å². The van der Waals surface area contributed by atoms with Crippen LogP contribution in [0.15, 0.2) is 30.9 Å². The molecule has 0 amide bonds. The normalized spacial score (nSPS) is 11.2. The Morgan fingerprint density at radius 3 is 3.05 bits per heavy atom. The minimum Gasteiger partial charge on any atom is -0.480 e. The number of aromatic nitrogens is 6. The highest BCUT2D eigenvalue weighted by atomic mass is 16.5. The average Bonchev–Trinajstić information content (AvgIpc) is 3.19. The second kappa shape index (κ2) is 4.69. The van der Waals surface area contributed by atoms with Crippen LogP contribution in [0.2, 0.25) is 0 Å². The second-order valence-electron chi connectivity index (χ2n) is 4.71. The number of hydrogen-bond acceptors (Lipinski definition) is 6. The molecule has 4 heterocycles. The Morgan fingerprint density at radius 2 is 2.23 bits per heavy atom. The number of aromatic amines is 1. The molecule has 110 valence electrons. The fourth-order valence-corrected chi connectivity index (χ4v) is 2.47. The van der Waals surface area contributed by atoms with Crippen LogP contribution < -0.4 is 10.1 Å². The van der Waals surface area contributed by atoms with Gasteiger partial charge in [0.25, 0.3) is 0 Å². The largest absolute Gasteiger partial charge is 0.480 e. The van der Waals surface area contributed by atoms with Gasteiger partial charge in [-0.1, -0.05) is 0 Å². The molecule has 4 rings (SSSR count). The van der Waals surface area contributed by atoms with Gasteiger partial charge in [0.15, 0.2) is 5.65 Å². The van der Waals surface area contributed by atoms with Crippen LogP contribution in [-0.2, 0) is 0 Å². The number of methoxy groups -OCH3 is 1. The van der Waals surface area contributed by atoms with E-state index in [0.717, 1.165) is 22.2 Å². The molecule has 0 saturated carbocycles. The number of hydrogen-bond donors (Lipinski definition) is 2. The zero-order valence-corrected chi connectivity index (χ0v) is 12.0. The minimum atomic E-state index is 0.505. The van der Waals surface area contributed by atoms with Gasteiger partial charge in [0.2, 0.25) is 11.8 Å². The molecule has 0 aromatic carbocycles. The van der Waals surface area contributed by atoms with E-state index in [1.165, 1.54) is 6.33 Å². The minimum absolute atomic E-state index is 0.505. The highest BCUT2D eigenvalue weighted by Crippen LogP contribution is 2.34. The van der Waals surface area contributed by atoms with E-state index in [4.69, 9.17) is 4.74 Å². The quantitative estimate of drug-likeness (QED) is 0.598. The Labute approximate surface area is 125 Å². The molecule has 0 atom stereocenters. The maximum Gasteiger partial charge on any atom is 0.228 e. The molecule has 8 nitrogen and oxygen atoms in total. The van der Waals surface area contributed by atoms with Crippen molar-refractivity contribution in [1.82, 2.24) is 29.5 Å². The predicted molar refractivity (Wildman–Crippen MR) is 82.0 cm³/mol. The lowest BCUT2D eigenvalue weighted by molar-refractivity contribution is 0.403. The predicted octanol–water partition coefficient (Wildman–Crippen LogP) is 1.72. The van der Waals surface area contributed by atoms with Crippen molar-refractivity contribution in [2.24, 2.45) is 0 Å². The van der Waals surface area contributed by atoms with E-state index < -0.39 is 0 Å². The van der Waals surface area contributed by atoms with E-state index in [9.17, 15) is 0 Å². The van der Waals surface area contributed by atoms with Crippen LogP contribution in [0.4, 0.5) is 5.95 Å². The first-order chi connectivity index (χ1) is 10.8. The smallest absolute Gasteiger partial charge is 0.228 e. The van der Waals surface area contributed by atoms with Crippen LogP contribution in [0.5, 0.6) is 5.88 Å². The molecule has 0 unspecified atom stereocenters. The van der Waals surface area contributed by atoms with Crippen molar-refractivity contribution < 1.29 is 4.74 Å². The lowest BCUT2D eigenvalue weighted by Crippen LogP contribution is -1.99. The maximum atomic E-state index is 5.42. The van der Waals surface area contributed by atoms with Crippen LogP contribution in [0.1, 0.15) is 0 Å². The number of nitrogens with zero attached hydrogens (tertiary/aromatic N) is 5. The van der Waals surface area contributed by atoms with Gasteiger partial charge in [-0.15, -0.1) is 0 Å². The van der Waals surface area contributed by atoms with E-state index in [1.54, 1.807) is 18.7 Å². The first kappa shape index (κ1) is 12.6. The molecule has 0 aliphatic rings. The number of nitrogens with one attached hydrogen (secondary N) is 2. The van der Waals surface area contributed by atoms with Crippen molar-refractivity contribution in [2.75, 3.05) is 19.5 Å². The number of rotatable bonds is 3. The van der Waals surface area contributed by atoms with Crippen LogP contribution in [0, 0.1) is 0 Å². The Hall–Kier alpha value is -3.16. The van der Waals surface area contributed by atoms with E-state index in [2.05, 4.69) is 30.4 Å². The fourth-order valence-electron chi connectivity index (χ4n) is 2.47. The number of fused-ring (bicyclic) bond motifs is 2. The number of anilines is 1. The SMILES string of the molecule is CNc1nc(OC)c2c(-c3ccn4ncnc4c3)c[nH]c2n1. The summed E-state index contributed by atoms with van der Waals surface area (Å²) in [5, 5.41) is 7.86. The molecule has 4 aromatic rings. The molecule has 0 aliphatic heterocycles. The van der Waals surface area contributed by atoms with Crippen molar-refractivity contribution in [1.29, 1.82) is 0 Å². The first-order valence-electron chi connectivity index (χ1n) is 6.71. The molecular weight excluding hydrogens is 282 g/mol.